The van der Waals surface area contributed by atoms with Crippen molar-refractivity contribution < 1.29 is 14.3 Å². The fourth-order valence-corrected chi connectivity index (χ4v) is 1.40. The van der Waals surface area contributed by atoms with Crippen molar-refractivity contribution in [3.63, 3.8) is 0 Å². The van der Waals surface area contributed by atoms with Crippen molar-refractivity contribution in [2.24, 2.45) is 0 Å². The second kappa shape index (κ2) is 5.12. The van der Waals surface area contributed by atoms with Gasteiger partial charge in [0.2, 0.25) is 5.88 Å². The molecule has 0 radical (unpaired) electrons. The maximum atomic E-state index is 10.8. The third kappa shape index (κ3) is 2.60. The van der Waals surface area contributed by atoms with Crippen molar-refractivity contribution in [1.82, 2.24) is 4.98 Å². The fourth-order valence-electron chi connectivity index (χ4n) is 1.40. The molecule has 0 saturated carbocycles. The Morgan fingerprint density at radius 3 is 2.76 bits per heavy atom. The molecule has 86 valence electrons. The van der Waals surface area contributed by atoms with Crippen LogP contribution in [0.1, 0.15) is 10.4 Å². The van der Waals surface area contributed by atoms with Crippen LogP contribution in [0.3, 0.4) is 0 Å². The zero-order valence-corrected chi connectivity index (χ0v) is 9.29. The Balaban J connectivity index is 2.25. The van der Waals surface area contributed by atoms with Gasteiger partial charge in [0.25, 0.3) is 0 Å². The van der Waals surface area contributed by atoms with Gasteiger partial charge in [-0.25, -0.2) is 4.98 Å². The predicted molar refractivity (Wildman–Crippen MR) is 62.7 cm³/mol. The van der Waals surface area contributed by atoms with Crippen LogP contribution in [0.5, 0.6) is 17.4 Å². The number of rotatable bonds is 4. The van der Waals surface area contributed by atoms with Gasteiger partial charge in [-0.3, -0.25) is 4.79 Å². The Morgan fingerprint density at radius 1 is 1.24 bits per heavy atom. The van der Waals surface area contributed by atoms with Crippen molar-refractivity contribution >= 4 is 6.29 Å². The largest absolute Gasteiger partial charge is 0.496 e. The van der Waals surface area contributed by atoms with Gasteiger partial charge < -0.3 is 9.47 Å². The number of carbonyl (C=O) groups excluding carboxylic acids is 1. The Labute approximate surface area is 98.8 Å². The highest BCUT2D eigenvalue weighted by molar-refractivity contribution is 5.80. The van der Waals surface area contributed by atoms with Crippen molar-refractivity contribution in [2.45, 2.75) is 0 Å². The van der Waals surface area contributed by atoms with Crippen LogP contribution in [-0.2, 0) is 0 Å². The van der Waals surface area contributed by atoms with Crippen LogP contribution in [0.15, 0.2) is 42.6 Å². The Hall–Kier alpha value is -2.36. The number of ether oxygens (including phenoxy) is 2. The summed E-state index contributed by atoms with van der Waals surface area (Å²) in [5.41, 5.74) is 0.445. The third-order valence-corrected chi connectivity index (χ3v) is 2.19. The summed E-state index contributed by atoms with van der Waals surface area (Å²) in [7, 11) is 1.52. The lowest BCUT2D eigenvalue weighted by Gasteiger charge is -2.07. The first kappa shape index (κ1) is 11.1. The summed E-state index contributed by atoms with van der Waals surface area (Å²) in [5.74, 6) is 1.55. The minimum Gasteiger partial charge on any atom is -0.496 e. The number of pyridine rings is 1. The highest BCUT2D eigenvalue weighted by atomic mass is 16.5. The molecular formula is C13H11NO3. The van der Waals surface area contributed by atoms with Gasteiger partial charge in [0, 0.05) is 12.3 Å². The van der Waals surface area contributed by atoms with E-state index in [1.165, 1.54) is 7.11 Å². The lowest BCUT2D eigenvalue weighted by Crippen LogP contribution is -1.92. The molecule has 1 aromatic carbocycles. The molecule has 0 saturated heterocycles. The van der Waals surface area contributed by atoms with Crippen molar-refractivity contribution in [1.29, 1.82) is 0 Å². The number of methoxy groups -OCH3 is 1. The molecule has 0 unspecified atom stereocenters. The molecule has 4 nitrogen and oxygen atoms in total. The van der Waals surface area contributed by atoms with Gasteiger partial charge in [0.1, 0.15) is 11.5 Å². The maximum absolute atomic E-state index is 10.8. The van der Waals surface area contributed by atoms with Gasteiger partial charge in [0.15, 0.2) is 6.29 Å². The van der Waals surface area contributed by atoms with E-state index in [0.29, 0.717) is 22.9 Å². The Bertz CT molecular complexity index is 511. The molecule has 1 aromatic heterocycles. The molecular weight excluding hydrogens is 218 g/mol. The number of nitrogens with zero attached hydrogens (tertiary/aromatic N) is 1. The van der Waals surface area contributed by atoms with E-state index in [2.05, 4.69) is 4.98 Å². The van der Waals surface area contributed by atoms with E-state index >= 15 is 0 Å². The number of aldehydes is 1. The van der Waals surface area contributed by atoms with Gasteiger partial charge in [-0.15, -0.1) is 0 Å². The normalized spacial score (nSPS) is 9.71. The van der Waals surface area contributed by atoms with E-state index in [1.807, 2.05) is 6.07 Å². The molecule has 0 aliphatic carbocycles. The summed E-state index contributed by atoms with van der Waals surface area (Å²) in [5, 5.41) is 0. The zero-order valence-electron chi connectivity index (χ0n) is 9.29. The van der Waals surface area contributed by atoms with E-state index in [9.17, 15) is 4.79 Å². The molecule has 0 amide bonds. The first-order valence-electron chi connectivity index (χ1n) is 5.05. The molecule has 2 rings (SSSR count). The Morgan fingerprint density at radius 2 is 2.12 bits per heavy atom. The average Bonchev–Trinajstić information content (AvgIpc) is 2.40. The van der Waals surface area contributed by atoms with E-state index in [-0.39, 0.29) is 0 Å². The molecule has 0 N–H and O–H groups in total. The van der Waals surface area contributed by atoms with Gasteiger partial charge in [-0.1, -0.05) is 6.07 Å². The molecule has 0 atom stereocenters. The second-order valence-corrected chi connectivity index (χ2v) is 3.29. The third-order valence-electron chi connectivity index (χ3n) is 2.19. The molecule has 4 heteroatoms. The standard InChI is InChI=1S/C13H11NO3/c1-16-12-6-5-11(8-10(12)9-15)17-13-4-2-3-7-14-13/h2-9H,1H3. The van der Waals surface area contributed by atoms with Crippen LogP contribution >= 0.6 is 0 Å². The summed E-state index contributed by atoms with van der Waals surface area (Å²) in [4.78, 5) is 14.9. The Kier molecular flexibility index (Phi) is 3.35. The SMILES string of the molecule is COc1ccc(Oc2ccccn2)cc1C=O. The molecule has 0 aliphatic rings. The lowest BCUT2D eigenvalue weighted by molar-refractivity contribution is 0.112. The molecule has 0 spiro atoms. The van der Waals surface area contributed by atoms with Crippen LogP contribution < -0.4 is 9.47 Å². The smallest absolute Gasteiger partial charge is 0.219 e. The summed E-state index contributed by atoms with van der Waals surface area (Å²) >= 11 is 0. The average molecular weight is 229 g/mol. The topological polar surface area (TPSA) is 48.4 Å². The number of benzene rings is 1. The highest BCUT2D eigenvalue weighted by Crippen LogP contribution is 2.25. The van der Waals surface area contributed by atoms with Crippen LogP contribution in [0, 0.1) is 0 Å². The number of hydrogen-bond acceptors (Lipinski definition) is 4. The van der Waals surface area contributed by atoms with E-state index in [4.69, 9.17) is 9.47 Å². The molecule has 2 aromatic rings. The molecule has 0 aliphatic heterocycles. The molecule has 1 heterocycles. The summed E-state index contributed by atoms with van der Waals surface area (Å²) in [6, 6.07) is 10.4. The van der Waals surface area contributed by atoms with Gasteiger partial charge in [0.05, 0.1) is 12.7 Å². The van der Waals surface area contributed by atoms with Gasteiger partial charge >= 0.3 is 0 Å². The highest BCUT2D eigenvalue weighted by Gasteiger charge is 2.05. The van der Waals surface area contributed by atoms with Crippen molar-refractivity contribution in [3.8, 4) is 17.4 Å². The number of carbonyl (C=O) groups is 1. The number of hydrogen-bond donors (Lipinski definition) is 0. The van der Waals surface area contributed by atoms with Crippen molar-refractivity contribution in [2.75, 3.05) is 7.11 Å². The van der Waals surface area contributed by atoms with Crippen LogP contribution in [0.2, 0.25) is 0 Å². The van der Waals surface area contributed by atoms with Crippen molar-refractivity contribution in [3.05, 3.63) is 48.2 Å². The summed E-state index contributed by atoms with van der Waals surface area (Å²) < 4.78 is 10.5. The predicted octanol–water partition coefficient (Wildman–Crippen LogP) is 2.70. The van der Waals surface area contributed by atoms with Crippen LogP contribution in [-0.4, -0.2) is 18.4 Å². The molecule has 0 bridgehead atoms. The zero-order chi connectivity index (χ0) is 12.1. The maximum Gasteiger partial charge on any atom is 0.219 e. The first-order valence-corrected chi connectivity index (χ1v) is 5.05. The van der Waals surface area contributed by atoms with Gasteiger partial charge in [-0.05, 0) is 24.3 Å². The number of aromatic nitrogens is 1. The first-order chi connectivity index (χ1) is 8.33. The second-order valence-electron chi connectivity index (χ2n) is 3.29. The molecule has 0 fully saturated rings. The van der Waals surface area contributed by atoms with E-state index in [0.717, 1.165) is 6.29 Å². The van der Waals surface area contributed by atoms with Crippen LogP contribution in [0.25, 0.3) is 0 Å². The minimum absolute atomic E-state index is 0.445. The summed E-state index contributed by atoms with van der Waals surface area (Å²) in [6.07, 6.45) is 2.36. The van der Waals surface area contributed by atoms with Crippen LogP contribution in [0.4, 0.5) is 0 Å². The van der Waals surface area contributed by atoms with E-state index < -0.39 is 0 Å². The lowest BCUT2D eigenvalue weighted by atomic mass is 10.2. The van der Waals surface area contributed by atoms with E-state index in [1.54, 1.807) is 36.5 Å². The summed E-state index contributed by atoms with van der Waals surface area (Å²) in [6.45, 7) is 0. The quantitative estimate of drug-likeness (QED) is 0.756. The fraction of sp³-hybridized carbons (Fsp3) is 0.0769. The minimum atomic E-state index is 0.445. The monoisotopic (exact) mass is 229 g/mol. The van der Waals surface area contributed by atoms with Gasteiger partial charge in [-0.2, -0.15) is 0 Å². The molecule has 17 heavy (non-hydrogen) atoms.